The van der Waals surface area contributed by atoms with Gasteiger partial charge in [0.05, 0.1) is 23.9 Å². The average Bonchev–Trinajstić information content (AvgIpc) is 3.10. The molecule has 25 heavy (non-hydrogen) atoms. The highest BCUT2D eigenvalue weighted by molar-refractivity contribution is 5.78. The van der Waals surface area contributed by atoms with Gasteiger partial charge in [-0.15, -0.1) is 0 Å². The van der Waals surface area contributed by atoms with Gasteiger partial charge in [0.15, 0.2) is 0 Å². The number of benzene rings is 1. The van der Waals surface area contributed by atoms with Crippen molar-refractivity contribution in [2.75, 3.05) is 19.6 Å². The molecular weight excluding hydrogens is 314 g/mol. The molecular formula is C19H23N5O. The molecule has 1 saturated heterocycles. The molecule has 1 aliphatic heterocycles. The molecule has 0 saturated carbocycles. The number of amides is 1. The first-order chi connectivity index (χ1) is 12.3. The van der Waals surface area contributed by atoms with E-state index < -0.39 is 0 Å². The van der Waals surface area contributed by atoms with Gasteiger partial charge in [-0.05, 0) is 37.1 Å². The number of nitrogens with one attached hydrogen (secondary N) is 2. The summed E-state index contributed by atoms with van der Waals surface area (Å²) in [7, 11) is 0. The number of hydrogen-bond acceptors (Lipinski definition) is 4. The van der Waals surface area contributed by atoms with Crippen molar-refractivity contribution in [2.45, 2.75) is 25.8 Å². The lowest BCUT2D eigenvalue weighted by atomic mass is 9.99. The average molecular weight is 337 g/mol. The molecule has 2 N–H and O–H groups in total. The van der Waals surface area contributed by atoms with E-state index in [1.54, 1.807) is 6.33 Å². The van der Waals surface area contributed by atoms with Crippen LogP contribution in [0, 0.1) is 17.2 Å². The van der Waals surface area contributed by atoms with Crippen LogP contribution in [0.2, 0.25) is 0 Å². The Kier molecular flexibility index (Phi) is 5.81. The summed E-state index contributed by atoms with van der Waals surface area (Å²) in [6.07, 6.45) is 6.44. The van der Waals surface area contributed by atoms with Crippen LogP contribution in [0.1, 0.15) is 29.7 Å². The molecule has 6 nitrogen and oxygen atoms in total. The van der Waals surface area contributed by atoms with Gasteiger partial charge in [-0.2, -0.15) is 5.26 Å². The highest BCUT2D eigenvalue weighted by Gasteiger charge is 2.20. The smallest absolute Gasteiger partial charge is 0.224 e. The summed E-state index contributed by atoms with van der Waals surface area (Å²) < 4.78 is 2.08. The van der Waals surface area contributed by atoms with E-state index in [-0.39, 0.29) is 11.8 Å². The number of rotatable bonds is 6. The van der Waals surface area contributed by atoms with Crippen LogP contribution >= 0.6 is 0 Å². The zero-order valence-corrected chi connectivity index (χ0v) is 14.2. The van der Waals surface area contributed by atoms with E-state index in [1.165, 1.54) is 0 Å². The minimum atomic E-state index is 0.0947. The van der Waals surface area contributed by atoms with Crippen LogP contribution in [0.5, 0.6) is 0 Å². The van der Waals surface area contributed by atoms with Gasteiger partial charge in [0.1, 0.15) is 0 Å². The second kappa shape index (κ2) is 8.45. The first-order valence-corrected chi connectivity index (χ1v) is 8.73. The largest absolute Gasteiger partial charge is 0.355 e. The van der Waals surface area contributed by atoms with E-state index in [0.29, 0.717) is 18.7 Å². The molecule has 0 spiro atoms. The van der Waals surface area contributed by atoms with E-state index in [4.69, 9.17) is 5.26 Å². The Hall–Kier alpha value is -2.65. The van der Waals surface area contributed by atoms with Gasteiger partial charge < -0.3 is 15.2 Å². The van der Waals surface area contributed by atoms with Gasteiger partial charge in [0.25, 0.3) is 0 Å². The van der Waals surface area contributed by atoms with Crippen molar-refractivity contribution in [2.24, 2.45) is 5.92 Å². The Bertz CT molecular complexity index is 738. The Labute approximate surface area is 147 Å². The summed E-state index contributed by atoms with van der Waals surface area (Å²) in [4.78, 5) is 16.4. The van der Waals surface area contributed by atoms with Crippen LogP contribution in [0.3, 0.4) is 0 Å². The Morgan fingerprint density at radius 1 is 1.40 bits per heavy atom. The van der Waals surface area contributed by atoms with Crippen molar-refractivity contribution in [3.05, 3.63) is 53.6 Å². The highest BCUT2D eigenvalue weighted by Crippen LogP contribution is 2.11. The van der Waals surface area contributed by atoms with E-state index in [9.17, 15) is 4.79 Å². The van der Waals surface area contributed by atoms with E-state index in [0.717, 1.165) is 43.6 Å². The Balaban J connectivity index is 1.51. The molecule has 0 bridgehead atoms. The van der Waals surface area contributed by atoms with Gasteiger partial charge in [0.2, 0.25) is 5.91 Å². The first-order valence-electron chi connectivity index (χ1n) is 8.73. The molecule has 1 aromatic carbocycles. The number of carbonyl (C=O) groups excluding carboxylic acids is 1. The van der Waals surface area contributed by atoms with E-state index >= 15 is 0 Å². The van der Waals surface area contributed by atoms with Gasteiger partial charge in [-0.1, -0.05) is 12.1 Å². The van der Waals surface area contributed by atoms with E-state index in [1.807, 2.05) is 30.5 Å². The monoisotopic (exact) mass is 337 g/mol. The van der Waals surface area contributed by atoms with Crippen molar-refractivity contribution in [1.82, 2.24) is 20.2 Å². The van der Waals surface area contributed by atoms with Crippen molar-refractivity contribution >= 4 is 5.91 Å². The van der Waals surface area contributed by atoms with Crippen LogP contribution in [0.4, 0.5) is 0 Å². The summed E-state index contributed by atoms with van der Waals surface area (Å²) >= 11 is 0. The first kappa shape index (κ1) is 17.2. The summed E-state index contributed by atoms with van der Waals surface area (Å²) in [5, 5.41) is 15.2. The fourth-order valence-corrected chi connectivity index (χ4v) is 3.11. The van der Waals surface area contributed by atoms with Crippen molar-refractivity contribution in [3.63, 3.8) is 0 Å². The SMILES string of the molecule is N#Cc1ccc(Cn2cncc2CCNC(=O)C2CCCNC2)cc1. The molecule has 6 heteroatoms. The maximum absolute atomic E-state index is 12.2. The highest BCUT2D eigenvalue weighted by atomic mass is 16.1. The minimum Gasteiger partial charge on any atom is -0.355 e. The predicted octanol–water partition coefficient (Wildman–Crippen LogP) is 1.46. The third-order valence-corrected chi connectivity index (χ3v) is 4.58. The number of aromatic nitrogens is 2. The number of hydrogen-bond donors (Lipinski definition) is 2. The second-order valence-electron chi connectivity index (χ2n) is 6.41. The van der Waals surface area contributed by atoms with Crippen LogP contribution in [0.15, 0.2) is 36.8 Å². The molecule has 130 valence electrons. The number of carbonyl (C=O) groups is 1. The molecule has 0 radical (unpaired) electrons. The maximum atomic E-state index is 12.2. The summed E-state index contributed by atoms with van der Waals surface area (Å²) in [6, 6.07) is 9.69. The lowest BCUT2D eigenvalue weighted by Crippen LogP contribution is -2.41. The molecule has 3 rings (SSSR count). The predicted molar refractivity (Wildman–Crippen MR) is 94.8 cm³/mol. The zero-order valence-electron chi connectivity index (χ0n) is 14.2. The molecule has 0 aliphatic carbocycles. The summed E-state index contributed by atoms with van der Waals surface area (Å²) in [5.74, 6) is 0.239. The van der Waals surface area contributed by atoms with Crippen LogP contribution < -0.4 is 10.6 Å². The van der Waals surface area contributed by atoms with Crippen LogP contribution in [0.25, 0.3) is 0 Å². The lowest BCUT2D eigenvalue weighted by Gasteiger charge is -2.21. The number of nitriles is 1. The molecule has 1 amide bonds. The topological polar surface area (TPSA) is 82.7 Å². The molecule has 2 heterocycles. The minimum absolute atomic E-state index is 0.0947. The van der Waals surface area contributed by atoms with Gasteiger partial charge >= 0.3 is 0 Å². The van der Waals surface area contributed by atoms with E-state index in [2.05, 4.69) is 26.3 Å². The molecule has 1 aliphatic rings. The summed E-state index contributed by atoms with van der Waals surface area (Å²) in [5.41, 5.74) is 2.87. The fourth-order valence-electron chi connectivity index (χ4n) is 3.11. The van der Waals surface area contributed by atoms with Crippen LogP contribution in [-0.2, 0) is 17.8 Å². The van der Waals surface area contributed by atoms with Crippen molar-refractivity contribution in [1.29, 1.82) is 5.26 Å². The fraction of sp³-hybridized carbons (Fsp3) is 0.421. The lowest BCUT2D eigenvalue weighted by molar-refractivity contribution is -0.125. The van der Waals surface area contributed by atoms with Crippen molar-refractivity contribution in [3.8, 4) is 6.07 Å². The normalized spacial score (nSPS) is 17.0. The van der Waals surface area contributed by atoms with Gasteiger partial charge in [-0.3, -0.25) is 4.79 Å². The van der Waals surface area contributed by atoms with Crippen LogP contribution in [-0.4, -0.2) is 35.1 Å². The quantitative estimate of drug-likeness (QED) is 0.836. The van der Waals surface area contributed by atoms with Crippen molar-refractivity contribution < 1.29 is 4.79 Å². The van der Waals surface area contributed by atoms with Gasteiger partial charge in [0, 0.05) is 37.9 Å². The molecule has 1 unspecified atom stereocenters. The standard InChI is InChI=1S/C19H23N5O/c20-10-15-3-5-16(6-4-15)13-24-14-22-12-18(24)7-9-23-19(25)17-2-1-8-21-11-17/h3-6,12,14,17,21H,1-2,7-9,11,13H2,(H,23,25). The zero-order chi connectivity index (χ0) is 17.5. The number of imidazole rings is 1. The Morgan fingerprint density at radius 3 is 2.96 bits per heavy atom. The third kappa shape index (κ3) is 4.68. The third-order valence-electron chi connectivity index (χ3n) is 4.58. The Morgan fingerprint density at radius 2 is 2.24 bits per heavy atom. The van der Waals surface area contributed by atoms with Gasteiger partial charge in [-0.25, -0.2) is 4.98 Å². The number of piperidine rings is 1. The molecule has 2 aromatic rings. The maximum Gasteiger partial charge on any atom is 0.224 e. The number of nitrogens with zero attached hydrogens (tertiary/aromatic N) is 3. The summed E-state index contributed by atoms with van der Waals surface area (Å²) in [6.45, 7) is 3.12. The second-order valence-corrected chi connectivity index (χ2v) is 6.41. The molecule has 1 fully saturated rings. The molecule has 1 aromatic heterocycles. The molecule has 1 atom stereocenters.